The second-order valence-corrected chi connectivity index (χ2v) is 8.65. The fourth-order valence-corrected chi connectivity index (χ4v) is 3.98. The Bertz CT molecular complexity index is 1120. The standard InChI is InChI=1S/C19H19N5O4S/c1-19(2,3)23-16(25)13-7-10-15(21-18(20)22-17(10)29-13)14(24-26)9-4-5-11-12(6-9)28-8-27-11/h4-7,14H,8H2,1-3H3,(H,23,25)(H2,20,21,22). The SMILES string of the molecule is CC(C)(C)NC(=O)c1cc2c(C(N=O)c3ccc4c(c3)OCO4)nc(N)nc2s1. The van der Waals surface area contributed by atoms with Gasteiger partial charge in [-0.25, -0.2) is 9.97 Å². The number of nitroso groups, excluding NO2 is 1. The summed E-state index contributed by atoms with van der Waals surface area (Å²) in [5, 5.41) is 6.74. The highest BCUT2D eigenvalue weighted by Gasteiger charge is 2.26. The molecule has 1 unspecified atom stereocenters. The zero-order chi connectivity index (χ0) is 20.8. The van der Waals surface area contributed by atoms with Crippen LogP contribution in [0, 0.1) is 4.91 Å². The molecule has 1 aliphatic rings. The maximum Gasteiger partial charge on any atom is 0.261 e. The van der Waals surface area contributed by atoms with Crippen molar-refractivity contribution in [3.63, 3.8) is 0 Å². The summed E-state index contributed by atoms with van der Waals surface area (Å²) in [6.07, 6.45) is 0. The van der Waals surface area contributed by atoms with Gasteiger partial charge in [0.05, 0.1) is 10.6 Å². The highest BCUT2D eigenvalue weighted by Crippen LogP contribution is 2.39. The minimum absolute atomic E-state index is 0.00604. The molecule has 1 atom stereocenters. The summed E-state index contributed by atoms with van der Waals surface area (Å²) in [6, 6.07) is 5.86. The average molecular weight is 413 g/mol. The summed E-state index contributed by atoms with van der Waals surface area (Å²) >= 11 is 1.19. The van der Waals surface area contributed by atoms with E-state index in [1.807, 2.05) is 20.8 Å². The van der Waals surface area contributed by atoms with Crippen molar-refractivity contribution >= 4 is 33.4 Å². The van der Waals surface area contributed by atoms with Crippen LogP contribution in [0.4, 0.5) is 5.95 Å². The molecule has 0 aliphatic carbocycles. The van der Waals surface area contributed by atoms with Gasteiger partial charge in [0.2, 0.25) is 12.7 Å². The number of nitrogens with zero attached hydrogens (tertiary/aromatic N) is 3. The maximum absolute atomic E-state index is 12.6. The highest BCUT2D eigenvalue weighted by atomic mass is 32.1. The average Bonchev–Trinajstić information content (AvgIpc) is 3.26. The van der Waals surface area contributed by atoms with Gasteiger partial charge in [-0.2, -0.15) is 0 Å². The van der Waals surface area contributed by atoms with Crippen LogP contribution in [0.15, 0.2) is 29.4 Å². The van der Waals surface area contributed by atoms with Crippen molar-refractivity contribution in [3.05, 3.63) is 45.3 Å². The first-order valence-electron chi connectivity index (χ1n) is 8.86. The summed E-state index contributed by atoms with van der Waals surface area (Å²) in [7, 11) is 0. The van der Waals surface area contributed by atoms with E-state index in [0.29, 0.717) is 37.9 Å². The number of hydrogen-bond acceptors (Lipinski definition) is 9. The number of ether oxygens (including phenoxy) is 2. The van der Waals surface area contributed by atoms with E-state index in [2.05, 4.69) is 20.5 Å². The van der Waals surface area contributed by atoms with Gasteiger partial charge < -0.3 is 20.5 Å². The molecule has 3 aromatic rings. The second kappa shape index (κ2) is 6.96. The molecule has 1 aliphatic heterocycles. The number of nitrogens with one attached hydrogen (secondary N) is 1. The predicted octanol–water partition coefficient (Wildman–Crippen LogP) is 3.39. The maximum atomic E-state index is 12.6. The van der Waals surface area contributed by atoms with Gasteiger partial charge in [-0.1, -0.05) is 11.2 Å². The van der Waals surface area contributed by atoms with Crippen molar-refractivity contribution in [2.75, 3.05) is 12.5 Å². The smallest absolute Gasteiger partial charge is 0.261 e. The van der Waals surface area contributed by atoms with E-state index in [0.717, 1.165) is 0 Å². The van der Waals surface area contributed by atoms with Crippen LogP contribution in [0.2, 0.25) is 0 Å². The van der Waals surface area contributed by atoms with Crippen LogP contribution in [-0.2, 0) is 0 Å². The third-order valence-electron chi connectivity index (χ3n) is 4.23. The van der Waals surface area contributed by atoms with Crippen molar-refractivity contribution < 1.29 is 14.3 Å². The van der Waals surface area contributed by atoms with E-state index in [1.165, 1.54) is 11.3 Å². The summed E-state index contributed by atoms with van der Waals surface area (Å²) in [4.78, 5) is 33.8. The molecule has 29 heavy (non-hydrogen) atoms. The van der Waals surface area contributed by atoms with E-state index in [9.17, 15) is 9.70 Å². The molecule has 0 bridgehead atoms. The molecule has 0 saturated carbocycles. The van der Waals surface area contributed by atoms with Crippen molar-refractivity contribution in [1.29, 1.82) is 0 Å². The lowest BCUT2D eigenvalue weighted by Crippen LogP contribution is -2.40. The fourth-order valence-electron chi connectivity index (χ4n) is 3.04. The molecular weight excluding hydrogens is 394 g/mol. The van der Waals surface area contributed by atoms with Crippen molar-refractivity contribution in [3.8, 4) is 11.5 Å². The first kappa shape index (κ1) is 19.1. The minimum Gasteiger partial charge on any atom is -0.454 e. The first-order valence-corrected chi connectivity index (χ1v) is 9.68. The lowest BCUT2D eigenvalue weighted by Gasteiger charge is -2.19. The number of carbonyl (C=O) groups excluding carboxylic acids is 1. The van der Waals surface area contributed by atoms with E-state index < -0.39 is 6.04 Å². The predicted molar refractivity (Wildman–Crippen MR) is 109 cm³/mol. The number of rotatable bonds is 4. The first-order chi connectivity index (χ1) is 13.7. The van der Waals surface area contributed by atoms with Gasteiger partial charge in [0.25, 0.3) is 5.91 Å². The number of aromatic nitrogens is 2. The summed E-state index contributed by atoms with van der Waals surface area (Å²) in [5.41, 5.74) is 6.40. The van der Waals surface area contributed by atoms with E-state index >= 15 is 0 Å². The zero-order valence-electron chi connectivity index (χ0n) is 16.1. The zero-order valence-corrected chi connectivity index (χ0v) is 16.9. The van der Waals surface area contributed by atoms with Crippen LogP contribution in [0.1, 0.15) is 47.7 Å². The molecule has 0 radical (unpaired) electrons. The van der Waals surface area contributed by atoms with E-state index in [-0.39, 0.29) is 24.2 Å². The van der Waals surface area contributed by atoms with Crippen LogP contribution in [0.25, 0.3) is 10.2 Å². The highest BCUT2D eigenvalue weighted by molar-refractivity contribution is 7.20. The van der Waals surface area contributed by atoms with Crippen molar-refractivity contribution in [2.45, 2.75) is 32.4 Å². The molecular formula is C19H19N5O4S. The van der Waals surface area contributed by atoms with Crippen molar-refractivity contribution in [1.82, 2.24) is 15.3 Å². The summed E-state index contributed by atoms with van der Waals surface area (Å²) < 4.78 is 10.7. The molecule has 4 rings (SSSR count). The largest absolute Gasteiger partial charge is 0.454 e. The normalized spacial score (nSPS) is 14.0. The summed E-state index contributed by atoms with van der Waals surface area (Å²) in [6.45, 7) is 5.81. The van der Waals surface area contributed by atoms with Crippen LogP contribution in [-0.4, -0.2) is 28.2 Å². The Balaban J connectivity index is 1.79. The quantitative estimate of drug-likeness (QED) is 0.627. The summed E-state index contributed by atoms with van der Waals surface area (Å²) in [5.74, 6) is 0.905. The molecule has 9 nitrogen and oxygen atoms in total. The van der Waals surface area contributed by atoms with Crippen LogP contribution < -0.4 is 20.5 Å². The number of hydrogen-bond donors (Lipinski definition) is 2. The Hall–Kier alpha value is -3.27. The van der Waals surface area contributed by atoms with Gasteiger partial charge in [0.1, 0.15) is 4.83 Å². The van der Waals surface area contributed by atoms with Gasteiger partial charge in [0.15, 0.2) is 17.5 Å². The second-order valence-electron chi connectivity index (χ2n) is 7.62. The Morgan fingerprint density at radius 3 is 2.72 bits per heavy atom. The molecule has 1 amide bonds. The van der Waals surface area contributed by atoms with E-state index in [1.54, 1.807) is 24.3 Å². The number of nitrogen functional groups attached to an aromatic ring is 1. The number of anilines is 1. The molecule has 3 heterocycles. The van der Waals surface area contributed by atoms with Crippen molar-refractivity contribution in [2.24, 2.45) is 5.18 Å². The Labute approximate surface area is 170 Å². The molecule has 0 spiro atoms. The molecule has 3 N–H and O–H groups in total. The lowest BCUT2D eigenvalue weighted by atomic mass is 10.0. The number of fused-ring (bicyclic) bond motifs is 2. The Morgan fingerprint density at radius 1 is 1.24 bits per heavy atom. The van der Waals surface area contributed by atoms with Crippen LogP contribution >= 0.6 is 11.3 Å². The molecule has 0 fully saturated rings. The third kappa shape index (κ3) is 3.70. The number of thiophene rings is 1. The number of nitrogens with two attached hydrogens (primary N) is 1. The molecule has 150 valence electrons. The number of carbonyl (C=O) groups is 1. The Morgan fingerprint density at radius 2 is 2.00 bits per heavy atom. The van der Waals surface area contributed by atoms with Gasteiger partial charge in [0, 0.05) is 10.9 Å². The molecule has 2 aromatic heterocycles. The molecule has 0 saturated heterocycles. The van der Waals surface area contributed by atoms with Crippen LogP contribution in [0.3, 0.4) is 0 Å². The van der Waals surface area contributed by atoms with Gasteiger partial charge in [-0.15, -0.1) is 16.2 Å². The van der Waals surface area contributed by atoms with E-state index in [4.69, 9.17) is 15.2 Å². The number of benzene rings is 1. The molecule has 10 heteroatoms. The lowest BCUT2D eigenvalue weighted by molar-refractivity contribution is 0.0924. The monoisotopic (exact) mass is 413 g/mol. The minimum atomic E-state index is -0.939. The van der Waals surface area contributed by atoms with Gasteiger partial charge >= 0.3 is 0 Å². The number of amides is 1. The fraction of sp³-hybridized carbons (Fsp3) is 0.316. The third-order valence-corrected chi connectivity index (χ3v) is 5.26. The van der Waals surface area contributed by atoms with Crippen LogP contribution in [0.5, 0.6) is 11.5 Å². The van der Waals surface area contributed by atoms with Gasteiger partial charge in [-0.05, 0) is 44.5 Å². The van der Waals surface area contributed by atoms with Gasteiger partial charge in [-0.3, -0.25) is 4.79 Å². The topological polar surface area (TPSA) is 129 Å². The molecule has 1 aromatic carbocycles. The Kier molecular flexibility index (Phi) is 4.58.